The van der Waals surface area contributed by atoms with Gasteiger partial charge in [0.05, 0.1) is 49.5 Å². The van der Waals surface area contributed by atoms with Gasteiger partial charge in [-0.15, -0.1) is 0 Å². The molecule has 0 bridgehead atoms. The molecule has 0 N–H and O–H groups in total. The summed E-state index contributed by atoms with van der Waals surface area (Å²) in [6.07, 6.45) is 2.98. The molecule has 1 aliphatic heterocycles. The van der Waals surface area contributed by atoms with Crippen molar-refractivity contribution in [2.45, 2.75) is 51.7 Å². The number of likely N-dealkylation sites (tertiary alicyclic amines) is 1. The lowest BCUT2D eigenvalue weighted by molar-refractivity contribution is -0.944. The standard InChI is InChI=1S/C35H44N4O9/c1-38(25-29-9-4-2-5-10-29,26-30-11-15-32(16-12-30)36(42)43)20-8-24-46-35(41)48-28-47-34(40)19-23-39(21-6-3-7-22-39)27-31-13-17-33(18-14-31)37(44)45/h2,4-5,9-18H,3,6-8,19-28H2,1H3/q+2. The van der Waals surface area contributed by atoms with Crippen LogP contribution < -0.4 is 0 Å². The molecule has 256 valence electrons. The Kier molecular flexibility index (Phi) is 13.0. The quantitative estimate of drug-likeness (QED) is 0.0406. The first-order valence-electron chi connectivity index (χ1n) is 16.2. The average Bonchev–Trinajstić information content (AvgIpc) is 3.07. The van der Waals surface area contributed by atoms with E-state index in [0.29, 0.717) is 48.1 Å². The van der Waals surface area contributed by atoms with Crippen LogP contribution in [0.2, 0.25) is 0 Å². The van der Waals surface area contributed by atoms with Gasteiger partial charge in [-0.1, -0.05) is 30.3 Å². The highest BCUT2D eigenvalue weighted by Crippen LogP contribution is 2.25. The molecule has 0 radical (unpaired) electrons. The van der Waals surface area contributed by atoms with Crippen LogP contribution in [0.4, 0.5) is 16.2 Å². The molecule has 48 heavy (non-hydrogen) atoms. The Morgan fingerprint density at radius 2 is 1.31 bits per heavy atom. The molecule has 3 aromatic rings. The minimum atomic E-state index is -0.923. The maximum absolute atomic E-state index is 12.5. The Balaban J connectivity index is 1.19. The molecular weight excluding hydrogens is 620 g/mol. The van der Waals surface area contributed by atoms with Crippen molar-refractivity contribution in [2.24, 2.45) is 0 Å². The third-order valence-corrected chi connectivity index (χ3v) is 8.80. The zero-order valence-corrected chi connectivity index (χ0v) is 27.4. The lowest BCUT2D eigenvalue weighted by atomic mass is 10.0. The SMILES string of the molecule is C[N+](CCCOC(=O)OCOC(=O)CC[N+]1(Cc2ccc([N+](=O)[O-])cc2)CCCCC1)(Cc1ccccc1)Cc1ccc([N+](=O)[O-])cc1. The van der Waals surface area contributed by atoms with E-state index in [2.05, 4.69) is 19.2 Å². The lowest BCUT2D eigenvalue weighted by Crippen LogP contribution is -2.51. The molecule has 0 aromatic heterocycles. The molecule has 0 aliphatic carbocycles. The maximum Gasteiger partial charge on any atom is 0.511 e. The minimum Gasteiger partial charge on any atom is -0.434 e. The summed E-state index contributed by atoms with van der Waals surface area (Å²) in [5, 5.41) is 22.1. The topological polar surface area (TPSA) is 148 Å². The Morgan fingerprint density at radius 1 is 0.750 bits per heavy atom. The van der Waals surface area contributed by atoms with E-state index in [9.17, 15) is 29.8 Å². The van der Waals surface area contributed by atoms with Crippen LogP contribution in [0.25, 0.3) is 0 Å². The van der Waals surface area contributed by atoms with Gasteiger partial charge in [0.25, 0.3) is 11.4 Å². The van der Waals surface area contributed by atoms with Gasteiger partial charge in [-0.25, -0.2) is 4.79 Å². The first-order valence-corrected chi connectivity index (χ1v) is 16.2. The Morgan fingerprint density at radius 3 is 1.90 bits per heavy atom. The first kappa shape index (κ1) is 36.0. The van der Waals surface area contributed by atoms with Crippen LogP contribution in [0, 0.1) is 20.2 Å². The maximum atomic E-state index is 12.5. The predicted molar refractivity (Wildman–Crippen MR) is 176 cm³/mol. The van der Waals surface area contributed by atoms with E-state index in [1.807, 2.05) is 18.2 Å². The van der Waals surface area contributed by atoms with E-state index in [4.69, 9.17) is 14.2 Å². The molecule has 1 fully saturated rings. The Labute approximate surface area is 280 Å². The van der Waals surface area contributed by atoms with Crippen molar-refractivity contribution in [3.63, 3.8) is 0 Å². The van der Waals surface area contributed by atoms with Crippen LogP contribution in [0.5, 0.6) is 0 Å². The monoisotopic (exact) mass is 664 g/mol. The second-order valence-electron chi connectivity index (χ2n) is 12.7. The second kappa shape index (κ2) is 17.3. The van der Waals surface area contributed by atoms with E-state index < -0.39 is 28.8 Å². The molecule has 13 nitrogen and oxygen atoms in total. The van der Waals surface area contributed by atoms with Crippen LogP contribution in [0.15, 0.2) is 78.9 Å². The number of carbonyl (C=O) groups excluding carboxylic acids is 2. The van der Waals surface area contributed by atoms with Crippen LogP contribution >= 0.6 is 0 Å². The number of non-ortho nitro benzene ring substituents is 2. The number of quaternary nitrogens is 2. The summed E-state index contributed by atoms with van der Waals surface area (Å²) in [7, 11) is 2.09. The third kappa shape index (κ3) is 11.4. The summed E-state index contributed by atoms with van der Waals surface area (Å²) >= 11 is 0. The molecule has 0 spiro atoms. The molecule has 1 aliphatic rings. The molecule has 13 heteroatoms. The van der Waals surface area contributed by atoms with Crippen LogP contribution in [0.3, 0.4) is 0 Å². The Hall–Kier alpha value is -4.88. The van der Waals surface area contributed by atoms with Crippen molar-refractivity contribution in [2.75, 3.05) is 46.6 Å². The molecule has 1 saturated heterocycles. The van der Waals surface area contributed by atoms with Crippen molar-refractivity contribution >= 4 is 23.5 Å². The number of esters is 1. The second-order valence-corrected chi connectivity index (χ2v) is 12.7. The van der Waals surface area contributed by atoms with Crippen LogP contribution in [0.1, 0.15) is 48.8 Å². The molecular formula is C35H44N4O9+2. The lowest BCUT2D eigenvalue weighted by Gasteiger charge is -2.41. The number of piperidine rings is 1. The van der Waals surface area contributed by atoms with E-state index in [1.54, 1.807) is 24.3 Å². The zero-order valence-electron chi connectivity index (χ0n) is 27.4. The van der Waals surface area contributed by atoms with Gasteiger partial charge < -0.3 is 23.2 Å². The van der Waals surface area contributed by atoms with E-state index in [-0.39, 0.29) is 24.4 Å². The number of carbonyl (C=O) groups is 2. The highest BCUT2D eigenvalue weighted by Gasteiger charge is 2.31. The number of nitro groups is 2. The predicted octanol–water partition coefficient (Wildman–Crippen LogP) is 6.28. The number of nitro benzene ring substituents is 2. The minimum absolute atomic E-state index is 0.0422. The molecule has 0 saturated carbocycles. The number of rotatable bonds is 17. The normalized spacial score (nSPS) is 15.1. The number of nitrogens with zero attached hydrogens (tertiary/aromatic N) is 4. The van der Waals surface area contributed by atoms with E-state index in [0.717, 1.165) is 49.0 Å². The molecule has 4 rings (SSSR count). The van der Waals surface area contributed by atoms with Crippen molar-refractivity contribution in [3.8, 4) is 0 Å². The highest BCUT2D eigenvalue weighted by molar-refractivity contribution is 5.69. The van der Waals surface area contributed by atoms with Gasteiger partial charge in [0.1, 0.15) is 26.2 Å². The number of hydrogen-bond donors (Lipinski definition) is 0. The smallest absolute Gasteiger partial charge is 0.434 e. The zero-order chi connectivity index (χ0) is 34.4. The van der Waals surface area contributed by atoms with E-state index >= 15 is 0 Å². The van der Waals surface area contributed by atoms with Gasteiger partial charge in [0.15, 0.2) is 0 Å². The van der Waals surface area contributed by atoms with Gasteiger partial charge >= 0.3 is 12.1 Å². The number of ether oxygens (including phenoxy) is 3. The van der Waals surface area contributed by atoms with Gasteiger partial charge in [-0.2, -0.15) is 0 Å². The number of benzene rings is 3. The summed E-state index contributed by atoms with van der Waals surface area (Å²) < 4.78 is 16.7. The number of hydrogen-bond acceptors (Lipinski definition) is 9. The average molecular weight is 665 g/mol. The van der Waals surface area contributed by atoms with Crippen molar-refractivity contribution in [1.82, 2.24) is 0 Å². The van der Waals surface area contributed by atoms with Gasteiger partial charge in [-0.3, -0.25) is 25.0 Å². The molecule has 3 aromatic carbocycles. The van der Waals surface area contributed by atoms with Gasteiger partial charge in [-0.05, 0) is 43.5 Å². The van der Waals surface area contributed by atoms with Crippen molar-refractivity contribution < 1.29 is 42.6 Å². The summed E-state index contributed by atoms with van der Waals surface area (Å²) in [6, 6.07) is 23.1. The Bertz CT molecular complexity index is 1510. The molecule has 1 unspecified atom stereocenters. The third-order valence-electron chi connectivity index (χ3n) is 8.80. The molecule has 1 heterocycles. The first-order chi connectivity index (χ1) is 23.0. The molecule has 1 atom stereocenters. The van der Waals surface area contributed by atoms with E-state index in [1.165, 1.54) is 24.3 Å². The van der Waals surface area contributed by atoms with Crippen LogP contribution in [-0.4, -0.2) is 77.6 Å². The highest BCUT2D eigenvalue weighted by atomic mass is 16.8. The fourth-order valence-electron chi connectivity index (χ4n) is 6.34. The largest absolute Gasteiger partial charge is 0.511 e. The van der Waals surface area contributed by atoms with Gasteiger partial charge in [0, 0.05) is 47.4 Å². The van der Waals surface area contributed by atoms with Crippen molar-refractivity contribution in [1.29, 1.82) is 0 Å². The summed E-state index contributed by atoms with van der Waals surface area (Å²) in [5.74, 6) is -0.477. The molecule has 0 amide bonds. The fraction of sp³-hybridized carbons (Fsp3) is 0.429. The van der Waals surface area contributed by atoms with Crippen molar-refractivity contribution in [3.05, 3.63) is 116 Å². The summed E-state index contributed by atoms with van der Waals surface area (Å²) in [4.78, 5) is 46.0. The summed E-state index contributed by atoms with van der Waals surface area (Å²) in [6.45, 7) is 4.61. The van der Waals surface area contributed by atoms with Gasteiger partial charge in [0.2, 0.25) is 6.79 Å². The summed E-state index contributed by atoms with van der Waals surface area (Å²) in [5.41, 5.74) is 3.17. The fourth-order valence-corrected chi connectivity index (χ4v) is 6.34. The van der Waals surface area contributed by atoms with Crippen LogP contribution in [-0.2, 0) is 38.6 Å².